The fourth-order valence-electron chi connectivity index (χ4n) is 2.63. The first kappa shape index (κ1) is 12.5. The molecular weight excluding hydrogens is 255 g/mol. The fraction of sp³-hybridized carbons (Fsp3) is 0.500. The lowest BCUT2D eigenvalue weighted by molar-refractivity contribution is -0.137. The molecule has 1 heterocycles. The Hall–Kier alpha value is -1.52. The average molecular weight is 269 g/mol. The van der Waals surface area contributed by atoms with E-state index in [0.717, 1.165) is 37.8 Å². The smallest absolute Gasteiger partial charge is 0.416 e. The molecule has 1 fully saturated rings. The standard InChI is InChI=1S/C14H14F3NO/c15-14(16,17)10-7-5-9(6-8-10)13-18-11-3-1-2-4-12(11)19-13/h5-8,11-12H,1-4H2/t11-,12+/m1/s1. The van der Waals surface area contributed by atoms with Gasteiger partial charge in [0.1, 0.15) is 6.10 Å². The molecule has 0 bridgehead atoms. The summed E-state index contributed by atoms with van der Waals surface area (Å²) in [6, 6.07) is 5.19. The van der Waals surface area contributed by atoms with Crippen molar-refractivity contribution in [3.63, 3.8) is 0 Å². The third-order valence-corrected chi connectivity index (χ3v) is 3.67. The Bertz CT molecular complexity index is 492. The molecule has 1 aromatic carbocycles. The quantitative estimate of drug-likeness (QED) is 0.760. The second-order valence-electron chi connectivity index (χ2n) is 5.02. The molecule has 1 aliphatic heterocycles. The summed E-state index contributed by atoms with van der Waals surface area (Å²) in [5.41, 5.74) is -0.0188. The van der Waals surface area contributed by atoms with Crippen molar-refractivity contribution in [2.45, 2.75) is 44.0 Å². The van der Waals surface area contributed by atoms with Gasteiger partial charge < -0.3 is 4.74 Å². The first-order valence-electron chi connectivity index (χ1n) is 6.46. The van der Waals surface area contributed by atoms with E-state index in [1.54, 1.807) is 0 Å². The zero-order valence-electron chi connectivity index (χ0n) is 10.3. The van der Waals surface area contributed by atoms with Gasteiger partial charge in [-0.1, -0.05) is 6.42 Å². The van der Waals surface area contributed by atoms with Crippen LogP contribution in [-0.2, 0) is 10.9 Å². The molecule has 1 saturated carbocycles. The number of nitrogens with zero attached hydrogens (tertiary/aromatic N) is 1. The van der Waals surface area contributed by atoms with E-state index in [2.05, 4.69) is 4.99 Å². The largest absolute Gasteiger partial charge is 0.472 e. The normalized spacial score (nSPS) is 26.6. The van der Waals surface area contributed by atoms with E-state index >= 15 is 0 Å². The van der Waals surface area contributed by atoms with E-state index in [9.17, 15) is 13.2 Å². The first-order valence-corrected chi connectivity index (χ1v) is 6.46. The van der Waals surface area contributed by atoms with Crippen molar-refractivity contribution in [2.75, 3.05) is 0 Å². The van der Waals surface area contributed by atoms with Gasteiger partial charge in [-0.2, -0.15) is 13.2 Å². The van der Waals surface area contributed by atoms with Gasteiger partial charge in [0, 0.05) is 5.56 Å². The highest BCUT2D eigenvalue weighted by molar-refractivity contribution is 5.95. The molecule has 1 aliphatic carbocycles. The molecule has 0 aromatic heterocycles. The van der Waals surface area contributed by atoms with Crippen LogP contribution in [0.1, 0.15) is 36.8 Å². The summed E-state index contributed by atoms with van der Waals surface area (Å²) in [5, 5.41) is 0. The lowest BCUT2D eigenvalue weighted by atomic mass is 9.94. The summed E-state index contributed by atoms with van der Waals surface area (Å²) in [6.07, 6.45) is 0.0922. The molecule has 0 N–H and O–H groups in total. The number of aliphatic imine (C=N–C) groups is 1. The molecule has 0 radical (unpaired) electrons. The highest BCUT2D eigenvalue weighted by Crippen LogP contribution is 2.32. The van der Waals surface area contributed by atoms with Gasteiger partial charge in [-0.05, 0) is 43.5 Å². The Balaban J connectivity index is 1.80. The summed E-state index contributed by atoms with van der Waals surface area (Å²) < 4.78 is 43.2. The highest BCUT2D eigenvalue weighted by Gasteiger charge is 2.34. The Morgan fingerprint density at radius 3 is 2.37 bits per heavy atom. The third-order valence-electron chi connectivity index (χ3n) is 3.67. The van der Waals surface area contributed by atoms with Gasteiger partial charge in [0.2, 0.25) is 5.90 Å². The maximum atomic E-state index is 12.5. The maximum absolute atomic E-state index is 12.5. The van der Waals surface area contributed by atoms with Crippen LogP contribution in [0.3, 0.4) is 0 Å². The molecule has 3 rings (SSSR count). The predicted octanol–water partition coefficient (Wildman–Crippen LogP) is 3.79. The molecule has 2 nitrogen and oxygen atoms in total. The number of hydrogen-bond donors (Lipinski definition) is 0. The number of benzene rings is 1. The van der Waals surface area contributed by atoms with Gasteiger partial charge in [-0.15, -0.1) is 0 Å². The Morgan fingerprint density at radius 2 is 1.74 bits per heavy atom. The Labute approximate surface area is 109 Å². The second kappa shape index (κ2) is 4.54. The molecule has 0 saturated heterocycles. The molecule has 0 spiro atoms. The van der Waals surface area contributed by atoms with Crippen molar-refractivity contribution in [3.8, 4) is 0 Å². The van der Waals surface area contributed by atoms with Gasteiger partial charge in [0.25, 0.3) is 0 Å². The van der Waals surface area contributed by atoms with Crippen LogP contribution >= 0.6 is 0 Å². The van der Waals surface area contributed by atoms with Crippen molar-refractivity contribution in [3.05, 3.63) is 35.4 Å². The number of rotatable bonds is 1. The Morgan fingerprint density at radius 1 is 1.05 bits per heavy atom. The summed E-state index contributed by atoms with van der Waals surface area (Å²) in [4.78, 5) is 4.49. The topological polar surface area (TPSA) is 21.6 Å². The fourth-order valence-corrected chi connectivity index (χ4v) is 2.63. The lowest BCUT2D eigenvalue weighted by Gasteiger charge is -2.21. The zero-order valence-corrected chi connectivity index (χ0v) is 10.3. The van der Waals surface area contributed by atoms with Crippen molar-refractivity contribution < 1.29 is 17.9 Å². The SMILES string of the molecule is FC(F)(F)c1ccc(C2=N[C@@H]3CCCC[C@@H]3O2)cc1. The van der Waals surface area contributed by atoms with Crippen LogP contribution in [0.15, 0.2) is 29.3 Å². The van der Waals surface area contributed by atoms with Gasteiger partial charge in [0.05, 0.1) is 11.6 Å². The average Bonchev–Trinajstić information content (AvgIpc) is 2.81. The minimum atomic E-state index is -4.30. The summed E-state index contributed by atoms with van der Waals surface area (Å²) in [6.45, 7) is 0. The summed E-state index contributed by atoms with van der Waals surface area (Å²) >= 11 is 0. The second-order valence-corrected chi connectivity index (χ2v) is 5.02. The predicted molar refractivity (Wildman–Crippen MR) is 65.1 cm³/mol. The van der Waals surface area contributed by atoms with E-state index in [1.165, 1.54) is 12.1 Å². The molecule has 0 unspecified atom stereocenters. The van der Waals surface area contributed by atoms with Crippen molar-refractivity contribution in [2.24, 2.45) is 4.99 Å². The van der Waals surface area contributed by atoms with Crippen LogP contribution in [0.2, 0.25) is 0 Å². The summed E-state index contributed by atoms with van der Waals surface area (Å²) in [5.74, 6) is 0.491. The number of hydrogen-bond acceptors (Lipinski definition) is 2. The van der Waals surface area contributed by atoms with Crippen molar-refractivity contribution in [1.29, 1.82) is 0 Å². The van der Waals surface area contributed by atoms with Crippen LogP contribution in [0, 0.1) is 0 Å². The van der Waals surface area contributed by atoms with Crippen LogP contribution in [0.5, 0.6) is 0 Å². The van der Waals surface area contributed by atoms with E-state index in [4.69, 9.17) is 4.74 Å². The maximum Gasteiger partial charge on any atom is 0.416 e. The van der Waals surface area contributed by atoms with E-state index in [0.29, 0.717) is 11.5 Å². The van der Waals surface area contributed by atoms with Gasteiger partial charge in [-0.25, -0.2) is 4.99 Å². The van der Waals surface area contributed by atoms with Gasteiger partial charge in [0.15, 0.2) is 0 Å². The molecule has 102 valence electrons. The van der Waals surface area contributed by atoms with Crippen LogP contribution in [-0.4, -0.2) is 18.0 Å². The van der Waals surface area contributed by atoms with Crippen LogP contribution in [0.4, 0.5) is 13.2 Å². The van der Waals surface area contributed by atoms with E-state index in [-0.39, 0.29) is 12.1 Å². The minimum absolute atomic E-state index is 0.117. The molecule has 2 atom stereocenters. The lowest BCUT2D eigenvalue weighted by Crippen LogP contribution is -2.26. The van der Waals surface area contributed by atoms with E-state index < -0.39 is 11.7 Å². The molecule has 1 aromatic rings. The minimum Gasteiger partial charge on any atom is -0.472 e. The first-order chi connectivity index (χ1) is 9.04. The monoisotopic (exact) mass is 269 g/mol. The molecule has 2 aliphatic rings. The Kier molecular flexibility index (Phi) is 2.99. The number of alkyl halides is 3. The molecule has 5 heteroatoms. The summed E-state index contributed by atoms with van der Waals surface area (Å²) in [7, 11) is 0. The van der Waals surface area contributed by atoms with Gasteiger partial charge >= 0.3 is 6.18 Å². The molecule has 19 heavy (non-hydrogen) atoms. The molecule has 0 amide bonds. The van der Waals surface area contributed by atoms with Crippen molar-refractivity contribution in [1.82, 2.24) is 0 Å². The van der Waals surface area contributed by atoms with Crippen LogP contribution in [0.25, 0.3) is 0 Å². The number of halogens is 3. The van der Waals surface area contributed by atoms with Crippen molar-refractivity contribution >= 4 is 5.90 Å². The molecular formula is C14H14F3NO. The zero-order chi connectivity index (χ0) is 13.5. The van der Waals surface area contributed by atoms with Crippen LogP contribution < -0.4 is 0 Å². The third kappa shape index (κ3) is 2.46. The van der Waals surface area contributed by atoms with Gasteiger partial charge in [-0.3, -0.25) is 0 Å². The number of fused-ring (bicyclic) bond motifs is 1. The number of ether oxygens (including phenoxy) is 1. The van der Waals surface area contributed by atoms with E-state index in [1.807, 2.05) is 0 Å². The highest BCUT2D eigenvalue weighted by atomic mass is 19.4.